The number of likely N-dealkylation sites (N-methyl/N-ethyl adjacent to an activating group) is 1. The molecule has 2 amide bonds. The van der Waals surface area contributed by atoms with E-state index in [0.717, 1.165) is 32.3 Å². The summed E-state index contributed by atoms with van der Waals surface area (Å²) in [6, 6.07) is 20.9. The standard InChI is InChI=1S/C28H31BrN2O3/c1-19-10-12-23(13-11-19)17-31(25(28(33)30-4)16-22-8-6-5-7-9-22)26(32)18-34-24-14-20(2)27(29)21(3)15-24/h5-15,25H,16-18H2,1-4H3,(H,30,33). The van der Waals surface area contributed by atoms with Crippen molar-refractivity contribution in [3.63, 3.8) is 0 Å². The molecule has 0 bridgehead atoms. The van der Waals surface area contributed by atoms with Crippen molar-refractivity contribution >= 4 is 27.7 Å². The van der Waals surface area contributed by atoms with Gasteiger partial charge in [-0.3, -0.25) is 9.59 Å². The molecule has 0 fully saturated rings. The van der Waals surface area contributed by atoms with Crippen molar-refractivity contribution in [3.8, 4) is 5.75 Å². The van der Waals surface area contributed by atoms with E-state index in [2.05, 4.69) is 21.2 Å². The monoisotopic (exact) mass is 522 g/mol. The van der Waals surface area contributed by atoms with Crippen LogP contribution in [-0.4, -0.2) is 36.4 Å². The predicted octanol–water partition coefficient (Wildman–Crippen LogP) is 5.14. The fraction of sp³-hybridized carbons (Fsp3) is 0.286. The minimum atomic E-state index is -0.668. The summed E-state index contributed by atoms with van der Waals surface area (Å²) in [7, 11) is 1.60. The number of hydrogen-bond donors (Lipinski definition) is 1. The number of benzene rings is 3. The largest absolute Gasteiger partial charge is 0.484 e. The van der Waals surface area contributed by atoms with Crippen LogP contribution in [0.5, 0.6) is 5.75 Å². The van der Waals surface area contributed by atoms with Crippen molar-refractivity contribution < 1.29 is 14.3 Å². The third kappa shape index (κ3) is 6.70. The third-order valence-corrected chi connectivity index (χ3v) is 7.01. The van der Waals surface area contributed by atoms with Crippen LogP contribution in [0.4, 0.5) is 0 Å². The molecule has 3 aromatic rings. The molecule has 0 aliphatic rings. The third-order valence-electron chi connectivity index (χ3n) is 5.76. The lowest BCUT2D eigenvalue weighted by Crippen LogP contribution is -2.51. The molecule has 0 saturated heterocycles. The zero-order chi connectivity index (χ0) is 24.7. The fourth-order valence-corrected chi connectivity index (χ4v) is 4.06. The van der Waals surface area contributed by atoms with Gasteiger partial charge in [-0.2, -0.15) is 0 Å². The Balaban J connectivity index is 1.88. The minimum Gasteiger partial charge on any atom is -0.484 e. The number of nitrogens with one attached hydrogen (secondary N) is 1. The number of hydrogen-bond acceptors (Lipinski definition) is 3. The Kier molecular flexibility index (Phi) is 8.88. The smallest absolute Gasteiger partial charge is 0.261 e. The number of ether oxygens (including phenoxy) is 1. The fourth-order valence-electron chi connectivity index (χ4n) is 3.83. The second kappa shape index (κ2) is 11.8. The maximum Gasteiger partial charge on any atom is 0.261 e. The Morgan fingerprint density at radius 2 is 1.56 bits per heavy atom. The van der Waals surface area contributed by atoms with Crippen LogP contribution in [0.1, 0.15) is 27.8 Å². The molecule has 3 aromatic carbocycles. The highest BCUT2D eigenvalue weighted by atomic mass is 79.9. The predicted molar refractivity (Wildman–Crippen MR) is 139 cm³/mol. The number of aryl methyl sites for hydroxylation is 3. The van der Waals surface area contributed by atoms with Gasteiger partial charge in [0, 0.05) is 24.5 Å². The molecule has 0 saturated carbocycles. The van der Waals surface area contributed by atoms with Gasteiger partial charge in [0.1, 0.15) is 11.8 Å². The van der Waals surface area contributed by atoms with Crippen LogP contribution in [0.2, 0.25) is 0 Å². The highest BCUT2D eigenvalue weighted by molar-refractivity contribution is 9.10. The van der Waals surface area contributed by atoms with E-state index >= 15 is 0 Å². The van der Waals surface area contributed by atoms with Crippen LogP contribution in [0.3, 0.4) is 0 Å². The Morgan fingerprint density at radius 3 is 2.15 bits per heavy atom. The van der Waals surface area contributed by atoms with Crippen molar-refractivity contribution in [1.82, 2.24) is 10.2 Å². The first-order chi connectivity index (χ1) is 16.3. The van der Waals surface area contributed by atoms with Gasteiger partial charge in [0.15, 0.2) is 6.61 Å². The quantitative estimate of drug-likeness (QED) is 0.423. The van der Waals surface area contributed by atoms with Gasteiger partial charge in [-0.05, 0) is 55.2 Å². The minimum absolute atomic E-state index is 0.158. The number of halogens is 1. The molecule has 0 heterocycles. The summed E-state index contributed by atoms with van der Waals surface area (Å²) in [5.41, 5.74) is 5.14. The highest BCUT2D eigenvalue weighted by Crippen LogP contribution is 2.26. The van der Waals surface area contributed by atoms with E-state index in [0.29, 0.717) is 18.7 Å². The molecule has 0 aliphatic heterocycles. The second-order valence-corrected chi connectivity index (χ2v) is 9.28. The summed E-state index contributed by atoms with van der Waals surface area (Å²) >= 11 is 3.56. The topological polar surface area (TPSA) is 58.6 Å². The van der Waals surface area contributed by atoms with Crippen LogP contribution in [0.15, 0.2) is 71.2 Å². The van der Waals surface area contributed by atoms with Gasteiger partial charge in [0.2, 0.25) is 5.91 Å². The van der Waals surface area contributed by atoms with Gasteiger partial charge < -0.3 is 15.0 Å². The van der Waals surface area contributed by atoms with E-state index in [9.17, 15) is 9.59 Å². The van der Waals surface area contributed by atoms with Gasteiger partial charge >= 0.3 is 0 Å². The normalized spacial score (nSPS) is 11.6. The number of rotatable bonds is 9. The van der Waals surface area contributed by atoms with E-state index in [1.54, 1.807) is 11.9 Å². The van der Waals surface area contributed by atoms with Gasteiger partial charge in [-0.1, -0.05) is 76.1 Å². The van der Waals surface area contributed by atoms with E-state index in [-0.39, 0.29) is 18.4 Å². The van der Waals surface area contributed by atoms with Crippen LogP contribution >= 0.6 is 15.9 Å². The average Bonchev–Trinajstić information content (AvgIpc) is 2.84. The Bertz CT molecular complexity index is 1110. The Morgan fingerprint density at radius 1 is 0.941 bits per heavy atom. The van der Waals surface area contributed by atoms with Crippen LogP contribution < -0.4 is 10.1 Å². The average molecular weight is 523 g/mol. The molecule has 178 valence electrons. The molecule has 1 unspecified atom stereocenters. The highest BCUT2D eigenvalue weighted by Gasteiger charge is 2.30. The molecule has 1 atom stereocenters. The number of carbonyl (C=O) groups excluding carboxylic acids is 2. The summed E-state index contributed by atoms with van der Waals surface area (Å²) in [5, 5.41) is 2.73. The van der Waals surface area contributed by atoms with Crippen molar-refractivity contribution in [2.45, 2.75) is 39.8 Å². The molecule has 0 aromatic heterocycles. The molecule has 5 nitrogen and oxygen atoms in total. The number of carbonyl (C=O) groups is 2. The number of nitrogens with zero attached hydrogens (tertiary/aromatic N) is 1. The second-order valence-electron chi connectivity index (χ2n) is 8.49. The van der Waals surface area contributed by atoms with E-state index in [1.807, 2.05) is 87.5 Å². The van der Waals surface area contributed by atoms with Crippen LogP contribution in [0, 0.1) is 20.8 Å². The Hall–Kier alpha value is -3.12. The molecule has 0 spiro atoms. The lowest BCUT2D eigenvalue weighted by Gasteiger charge is -2.31. The summed E-state index contributed by atoms with van der Waals surface area (Å²) in [4.78, 5) is 28.1. The molecular weight excluding hydrogens is 492 g/mol. The zero-order valence-corrected chi connectivity index (χ0v) is 21.7. The molecule has 34 heavy (non-hydrogen) atoms. The molecule has 6 heteroatoms. The SMILES string of the molecule is CNC(=O)C(Cc1ccccc1)N(Cc1ccc(C)cc1)C(=O)COc1cc(C)c(Br)c(C)c1. The molecule has 3 rings (SSSR count). The van der Waals surface area contributed by atoms with E-state index in [1.165, 1.54) is 0 Å². The lowest BCUT2D eigenvalue weighted by molar-refractivity contribution is -0.142. The van der Waals surface area contributed by atoms with Crippen LogP contribution in [0.25, 0.3) is 0 Å². The first-order valence-corrected chi connectivity index (χ1v) is 12.1. The molecule has 1 N–H and O–H groups in total. The van der Waals surface area contributed by atoms with E-state index < -0.39 is 6.04 Å². The summed E-state index contributed by atoms with van der Waals surface area (Å²) in [6.07, 6.45) is 0.411. The lowest BCUT2D eigenvalue weighted by atomic mass is 10.0. The van der Waals surface area contributed by atoms with Crippen molar-refractivity contribution in [2.75, 3.05) is 13.7 Å². The maximum atomic E-state index is 13.5. The van der Waals surface area contributed by atoms with Crippen molar-refractivity contribution in [1.29, 1.82) is 0 Å². The molecule has 0 radical (unpaired) electrons. The molecular formula is C28H31BrN2O3. The maximum absolute atomic E-state index is 13.5. The van der Waals surface area contributed by atoms with Crippen molar-refractivity contribution in [2.24, 2.45) is 0 Å². The van der Waals surface area contributed by atoms with Crippen LogP contribution in [-0.2, 0) is 22.6 Å². The Labute approximate surface area is 210 Å². The summed E-state index contributed by atoms with van der Waals surface area (Å²) in [6.45, 7) is 6.14. The molecule has 0 aliphatic carbocycles. The van der Waals surface area contributed by atoms with Gasteiger partial charge in [-0.15, -0.1) is 0 Å². The van der Waals surface area contributed by atoms with E-state index in [4.69, 9.17) is 4.74 Å². The van der Waals surface area contributed by atoms with Gasteiger partial charge in [0.05, 0.1) is 0 Å². The first kappa shape index (κ1) is 25.5. The number of amides is 2. The first-order valence-electron chi connectivity index (χ1n) is 11.3. The van der Waals surface area contributed by atoms with Crippen molar-refractivity contribution in [3.05, 3.63) is 99.0 Å². The zero-order valence-electron chi connectivity index (χ0n) is 20.1. The summed E-state index contributed by atoms with van der Waals surface area (Å²) < 4.78 is 6.92. The summed E-state index contributed by atoms with van der Waals surface area (Å²) in [5.74, 6) is 0.171. The van der Waals surface area contributed by atoms with Gasteiger partial charge in [-0.25, -0.2) is 0 Å². The van der Waals surface area contributed by atoms with Gasteiger partial charge in [0.25, 0.3) is 5.91 Å².